The number of piperidine rings is 1. The fourth-order valence-electron chi connectivity index (χ4n) is 3.61. The number of carbonyl (C=O) groups excluding carboxylic acids is 2. The lowest BCUT2D eigenvalue weighted by atomic mass is 9.96. The van der Waals surface area contributed by atoms with E-state index in [1.165, 1.54) is 4.90 Å². The van der Waals surface area contributed by atoms with Gasteiger partial charge in [0.1, 0.15) is 5.69 Å². The lowest BCUT2D eigenvalue weighted by Gasteiger charge is -2.32. The Bertz CT molecular complexity index is 864. The van der Waals surface area contributed by atoms with Gasteiger partial charge in [-0.25, -0.2) is 8.78 Å². The zero-order chi connectivity index (χ0) is 21.0. The monoisotopic (exact) mass is 401 g/mol. The van der Waals surface area contributed by atoms with Gasteiger partial charge in [-0.1, -0.05) is 30.3 Å². The first kappa shape index (κ1) is 20.8. The third-order valence-electron chi connectivity index (χ3n) is 5.07. The summed E-state index contributed by atoms with van der Waals surface area (Å²) in [6.45, 7) is 0.911. The normalized spacial score (nSPS) is 16.4. The molecule has 1 unspecified atom stereocenters. The number of carbonyl (C=O) groups is 2. The van der Waals surface area contributed by atoms with Crippen molar-refractivity contribution in [3.8, 4) is 0 Å². The smallest absolute Gasteiger partial charge is 0.229 e. The van der Waals surface area contributed by atoms with Crippen LogP contribution in [0.2, 0.25) is 0 Å². The zero-order valence-electron chi connectivity index (χ0n) is 16.6. The van der Waals surface area contributed by atoms with Gasteiger partial charge in [0.2, 0.25) is 11.8 Å². The molecule has 1 fully saturated rings. The number of hydrogen-bond acceptors (Lipinski definition) is 3. The van der Waals surface area contributed by atoms with Crippen molar-refractivity contribution in [2.24, 2.45) is 5.92 Å². The second kappa shape index (κ2) is 9.03. The zero-order valence-corrected chi connectivity index (χ0v) is 16.6. The molecular weight excluding hydrogens is 376 g/mol. The molecule has 0 bridgehead atoms. The van der Waals surface area contributed by atoms with E-state index < -0.39 is 17.6 Å². The van der Waals surface area contributed by atoms with Gasteiger partial charge < -0.3 is 15.1 Å². The maximum atomic E-state index is 14.1. The van der Waals surface area contributed by atoms with Gasteiger partial charge in [-0.05, 0) is 30.5 Å². The van der Waals surface area contributed by atoms with Crippen LogP contribution >= 0.6 is 0 Å². The van der Waals surface area contributed by atoms with E-state index in [4.69, 9.17) is 0 Å². The summed E-state index contributed by atoms with van der Waals surface area (Å²) in [6, 6.07) is 11.7. The highest BCUT2D eigenvalue weighted by molar-refractivity contribution is 5.93. The van der Waals surface area contributed by atoms with Gasteiger partial charge in [-0.15, -0.1) is 0 Å². The third-order valence-corrected chi connectivity index (χ3v) is 5.07. The molecule has 1 aliphatic heterocycles. The van der Waals surface area contributed by atoms with Crippen LogP contribution in [0.5, 0.6) is 0 Å². The standard InChI is InChI=1S/C22H25F2N3O2/c1-26(2)21-18(23)12-17(13-19(21)24)25-22(29)16-9-6-10-27(14-16)20(28)11-15-7-4-3-5-8-15/h3-5,7-8,12-13,16H,6,9-11,14H2,1-2H3,(H,25,29). The van der Waals surface area contributed by atoms with Gasteiger partial charge in [0.25, 0.3) is 0 Å². The first-order valence-electron chi connectivity index (χ1n) is 9.64. The Hall–Kier alpha value is -2.96. The van der Waals surface area contributed by atoms with Crippen molar-refractivity contribution in [3.05, 3.63) is 59.7 Å². The summed E-state index contributed by atoms with van der Waals surface area (Å²) in [5.41, 5.74) is 0.845. The predicted octanol–water partition coefficient (Wildman–Crippen LogP) is 3.45. The van der Waals surface area contributed by atoms with Crippen LogP contribution in [-0.2, 0) is 16.0 Å². The second-order valence-corrected chi connectivity index (χ2v) is 7.51. The molecule has 1 heterocycles. The third kappa shape index (κ3) is 5.10. The van der Waals surface area contributed by atoms with Gasteiger partial charge in [-0.2, -0.15) is 0 Å². The summed E-state index contributed by atoms with van der Waals surface area (Å²) in [7, 11) is 3.09. The molecule has 0 spiro atoms. The average molecular weight is 401 g/mol. The molecule has 1 N–H and O–H groups in total. The topological polar surface area (TPSA) is 52.7 Å². The largest absolute Gasteiger partial charge is 0.373 e. The van der Waals surface area contributed by atoms with Crippen molar-refractivity contribution in [2.45, 2.75) is 19.3 Å². The molecule has 2 aromatic rings. The van der Waals surface area contributed by atoms with Crippen LogP contribution in [0.3, 0.4) is 0 Å². The maximum Gasteiger partial charge on any atom is 0.229 e. The minimum absolute atomic E-state index is 0.0267. The molecule has 7 heteroatoms. The molecular formula is C22H25F2N3O2. The van der Waals surface area contributed by atoms with Crippen LogP contribution in [0.15, 0.2) is 42.5 Å². The quantitative estimate of drug-likeness (QED) is 0.835. The van der Waals surface area contributed by atoms with Gasteiger partial charge >= 0.3 is 0 Å². The van der Waals surface area contributed by atoms with E-state index in [9.17, 15) is 18.4 Å². The minimum Gasteiger partial charge on any atom is -0.373 e. The maximum absolute atomic E-state index is 14.1. The van der Waals surface area contributed by atoms with Crippen LogP contribution in [-0.4, -0.2) is 43.9 Å². The van der Waals surface area contributed by atoms with Crippen molar-refractivity contribution in [1.82, 2.24) is 4.90 Å². The van der Waals surface area contributed by atoms with Crippen LogP contribution in [0.25, 0.3) is 0 Å². The molecule has 29 heavy (non-hydrogen) atoms. The highest BCUT2D eigenvalue weighted by Crippen LogP contribution is 2.26. The summed E-state index contributed by atoms with van der Waals surface area (Å²) < 4.78 is 28.3. The second-order valence-electron chi connectivity index (χ2n) is 7.51. The van der Waals surface area contributed by atoms with E-state index in [1.807, 2.05) is 30.3 Å². The molecule has 1 saturated heterocycles. The van der Waals surface area contributed by atoms with E-state index in [2.05, 4.69) is 5.32 Å². The van der Waals surface area contributed by atoms with Gasteiger partial charge in [0, 0.05) is 32.9 Å². The van der Waals surface area contributed by atoms with Gasteiger partial charge in [0.15, 0.2) is 11.6 Å². The van der Waals surface area contributed by atoms with Crippen molar-refractivity contribution < 1.29 is 18.4 Å². The van der Waals surface area contributed by atoms with Crippen molar-refractivity contribution in [3.63, 3.8) is 0 Å². The van der Waals surface area contributed by atoms with E-state index in [-0.39, 0.29) is 29.6 Å². The highest BCUT2D eigenvalue weighted by atomic mass is 19.1. The Morgan fingerprint density at radius 3 is 2.41 bits per heavy atom. The number of nitrogens with one attached hydrogen (secondary N) is 1. The summed E-state index contributed by atoms with van der Waals surface area (Å²) in [4.78, 5) is 28.2. The molecule has 5 nitrogen and oxygen atoms in total. The lowest BCUT2D eigenvalue weighted by molar-refractivity contribution is -0.133. The van der Waals surface area contributed by atoms with Crippen molar-refractivity contribution >= 4 is 23.2 Å². The van der Waals surface area contributed by atoms with Crippen molar-refractivity contribution in [1.29, 1.82) is 0 Å². The van der Waals surface area contributed by atoms with E-state index >= 15 is 0 Å². The summed E-state index contributed by atoms with van der Waals surface area (Å²) in [6.07, 6.45) is 1.63. The Labute approximate surface area is 169 Å². The van der Waals surface area contributed by atoms with Crippen LogP contribution < -0.4 is 10.2 Å². The molecule has 154 valence electrons. The molecule has 0 saturated carbocycles. The number of likely N-dealkylation sites (tertiary alicyclic amines) is 1. The van der Waals surface area contributed by atoms with E-state index in [1.54, 1.807) is 19.0 Å². The lowest BCUT2D eigenvalue weighted by Crippen LogP contribution is -2.44. The van der Waals surface area contributed by atoms with Crippen molar-refractivity contribution in [2.75, 3.05) is 37.4 Å². The summed E-state index contributed by atoms with van der Waals surface area (Å²) in [5, 5.41) is 2.59. The summed E-state index contributed by atoms with van der Waals surface area (Å²) in [5.74, 6) is -2.26. The fourth-order valence-corrected chi connectivity index (χ4v) is 3.61. The van der Waals surface area contributed by atoms with E-state index in [0.29, 0.717) is 25.9 Å². The van der Waals surface area contributed by atoms with Crippen LogP contribution in [0.4, 0.5) is 20.2 Å². The number of anilines is 2. The van der Waals surface area contributed by atoms with Crippen LogP contribution in [0, 0.1) is 17.6 Å². The number of nitrogens with zero attached hydrogens (tertiary/aromatic N) is 2. The number of amides is 2. The molecule has 0 aliphatic carbocycles. The molecule has 2 amide bonds. The van der Waals surface area contributed by atoms with Gasteiger partial charge in [-0.3, -0.25) is 9.59 Å². The number of rotatable bonds is 5. The molecule has 0 aromatic heterocycles. The Balaban J connectivity index is 1.63. The first-order chi connectivity index (χ1) is 13.8. The minimum atomic E-state index is -0.742. The SMILES string of the molecule is CN(C)c1c(F)cc(NC(=O)C2CCCN(C(=O)Cc3ccccc3)C2)cc1F. The van der Waals surface area contributed by atoms with Crippen LogP contribution in [0.1, 0.15) is 18.4 Å². The molecule has 1 aliphatic rings. The Morgan fingerprint density at radius 2 is 1.79 bits per heavy atom. The Kier molecular flexibility index (Phi) is 6.46. The number of halogens is 2. The highest BCUT2D eigenvalue weighted by Gasteiger charge is 2.28. The number of hydrogen-bond donors (Lipinski definition) is 1. The molecule has 3 rings (SSSR count). The van der Waals surface area contributed by atoms with E-state index in [0.717, 1.165) is 17.7 Å². The molecule has 1 atom stereocenters. The predicted molar refractivity (Wildman–Crippen MR) is 109 cm³/mol. The Morgan fingerprint density at radius 1 is 1.14 bits per heavy atom. The average Bonchev–Trinajstić information content (AvgIpc) is 2.68. The molecule has 0 radical (unpaired) electrons. The number of benzene rings is 2. The van der Waals surface area contributed by atoms with Gasteiger partial charge in [0.05, 0.1) is 12.3 Å². The fraction of sp³-hybridized carbons (Fsp3) is 0.364. The molecule has 2 aromatic carbocycles. The summed E-state index contributed by atoms with van der Waals surface area (Å²) >= 11 is 0. The first-order valence-corrected chi connectivity index (χ1v) is 9.64.